The number of hydrogen-bond acceptors (Lipinski definition) is 4. The molecule has 0 saturated heterocycles. The summed E-state index contributed by atoms with van der Waals surface area (Å²) in [6, 6.07) is 0. The second kappa shape index (κ2) is 5.14. The van der Waals surface area contributed by atoms with Crippen LogP contribution in [-0.2, 0) is 16.0 Å². The summed E-state index contributed by atoms with van der Waals surface area (Å²) in [7, 11) is 0. The number of carbonyl (C=O) groups excluding carboxylic acids is 1. The Labute approximate surface area is 86.3 Å². The Kier molecular flexibility index (Phi) is 3.84. The summed E-state index contributed by atoms with van der Waals surface area (Å²) in [5, 5.41) is 11.1. The zero-order valence-corrected chi connectivity index (χ0v) is 8.27. The molecule has 0 aliphatic rings. The molecule has 0 radical (unpaired) electrons. The molecule has 0 aliphatic heterocycles. The van der Waals surface area contributed by atoms with E-state index in [9.17, 15) is 9.59 Å². The van der Waals surface area contributed by atoms with Crippen molar-refractivity contribution in [1.82, 2.24) is 10.3 Å². The van der Waals surface area contributed by atoms with Crippen LogP contribution in [0.3, 0.4) is 0 Å². The van der Waals surface area contributed by atoms with E-state index in [1.807, 2.05) is 0 Å². The number of aromatic nitrogens is 1. The quantitative estimate of drug-likeness (QED) is 0.719. The maximum absolute atomic E-state index is 11.2. The van der Waals surface area contributed by atoms with Crippen LogP contribution in [0.1, 0.15) is 12.8 Å². The van der Waals surface area contributed by atoms with Gasteiger partial charge in [-0.25, -0.2) is 4.98 Å². The number of aliphatic carboxylic acids is 1. The first-order valence-corrected chi connectivity index (χ1v) is 4.47. The van der Waals surface area contributed by atoms with Crippen molar-refractivity contribution in [2.24, 2.45) is 5.92 Å². The van der Waals surface area contributed by atoms with Crippen molar-refractivity contribution in [3.05, 3.63) is 18.4 Å². The molecule has 2 N–H and O–H groups in total. The second-order valence-electron chi connectivity index (χ2n) is 3.15. The Morgan fingerprint density at radius 2 is 2.40 bits per heavy atom. The first kappa shape index (κ1) is 11.2. The Morgan fingerprint density at radius 3 is 2.93 bits per heavy atom. The molecule has 82 valence electrons. The standard InChI is InChI=1S/C9H12N2O4/c1-6(9(13)14)5-11-7(12)4-8-10-2-3-15-8/h2-3,6H,4-5H2,1H3,(H,11,12)(H,13,14). The molecule has 6 nitrogen and oxygen atoms in total. The molecule has 1 aromatic heterocycles. The van der Waals surface area contributed by atoms with E-state index in [-0.39, 0.29) is 18.9 Å². The van der Waals surface area contributed by atoms with Crippen LogP contribution in [0.4, 0.5) is 0 Å². The molecule has 15 heavy (non-hydrogen) atoms. The van der Waals surface area contributed by atoms with Crippen molar-refractivity contribution in [3.63, 3.8) is 0 Å². The van der Waals surface area contributed by atoms with Crippen LogP contribution in [0.2, 0.25) is 0 Å². The number of nitrogens with zero attached hydrogens (tertiary/aromatic N) is 1. The predicted molar refractivity (Wildman–Crippen MR) is 50.0 cm³/mol. The van der Waals surface area contributed by atoms with E-state index in [0.717, 1.165) is 0 Å². The van der Waals surface area contributed by atoms with Gasteiger partial charge in [-0.1, -0.05) is 6.92 Å². The number of carboxylic acids is 1. The van der Waals surface area contributed by atoms with E-state index >= 15 is 0 Å². The first-order chi connectivity index (χ1) is 7.09. The van der Waals surface area contributed by atoms with Crippen LogP contribution in [0.15, 0.2) is 16.9 Å². The predicted octanol–water partition coefficient (Wildman–Crippen LogP) is 0.0540. The fraction of sp³-hybridized carbons (Fsp3) is 0.444. The zero-order valence-electron chi connectivity index (χ0n) is 8.27. The minimum atomic E-state index is -0.938. The number of nitrogens with one attached hydrogen (secondary N) is 1. The third kappa shape index (κ3) is 3.80. The van der Waals surface area contributed by atoms with E-state index in [2.05, 4.69) is 10.3 Å². The van der Waals surface area contributed by atoms with Gasteiger partial charge in [-0.2, -0.15) is 0 Å². The molecule has 0 fully saturated rings. The number of rotatable bonds is 5. The van der Waals surface area contributed by atoms with Gasteiger partial charge in [-0.3, -0.25) is 9.59 Å². The Morgan fingerprint density at radius 1 is 1.67 bits per heavy atom. The molecule has 0 aliphatic carbocycles. The summed E-state index contributed by atoms with van der Waals surface area (Å²) in [5.74, 6) is -1.52. The molecule has 1 rings (SSSR count). The van der Waals surface area contributed by atoms with E-state index < -0.39 is 11.9 Å². The fourth-order valence-electron chi connectivity index (χ4n) is 0.894. The second-order valence-corrected chi connectivity index (χ2v) is 3.15. The molecule has 1 heterocycles. The van der Waals surface area contributed by atoms with Crippen LogP contribution in [0.25, 0.3) is 0 Å². The van der Waals surface area contributed by atoms with Crippen LogP contribution >= 0.6 is 0 Å². The highest BCUT2D eigenvalue weighted by Crippen LogP contribution is 1.96. The Balaban J connectivity index is 2.28. The van der Waals surface area contributed by atoms with Crippen molar-refractivity contribution < 1.29 is 19.1 Å². The molecule has 1 amide bonds. The van der Waals surface area contributed by atoms with Gasteiger partial charge in [0.15, 0.2) is 0 Å². The largest absolute Gasteiger partial charge is 0.481 e. The van der Waals surface area contributed by atoms with Gasteiger partial charge in [0.05, 0.1) is 12.1 Å². The third-order valence-corrected chi connectivity index (χ3v) is 1.82. The highest BCUT2D eigenvalue weighted by Gasteiger charge is 2.13. The van der Waals surface area contributed by atoms with Crippen LogP contribution in [-0.4, -0.2) is 28.5 Å². The molecule has 0 saturated carbocycles. The number of hydrogen-bond donors (Lipinski definition) is 2. The van der Waals surface area contributed by atoms with Crippen molar-refractivity contribution in [2.75, 3.05) is 6.54 Å². The minimum absolute atomic E-state index is 0.0271. The van der Waals surface area contributed by atoms with Crippen molar-refractivity contribution in [3.8, 4) is 0 Å². The summed E-state index contributed by atoms with van der Waals surface area (Å²) in [5.41, 5.74) is 0. The normalized spacial score (nSPS) is 12.1. The van der Waals surface area contributed by atoms with Crippen molar-refractivity contribution in [1.29, 1.82) is 0 Å². The maximum atomic E-state index is 11.2. The molecule has 0 bridgehead atoms. The van der Waals surface area contributed by atoms with Crippen LogP contribution in [0, 0.1) is 5.92 Å². The van der Waals surface area contributed by atoms with Crippen molar-refractivity contribution >= 4 is 11.9 Å². The monoisotopic (exact) mass is 212 g/mol. The molecular formula is C9H12N2O4. The van der Waals surface area contributed by atoms with Gasteiger partial charge >= 0.3 is 5.97 Å². The summed E-state index contributed by atoms with van der Waals surface area (Å²) in [4.78, 5) is 25.5. The highest BCUT2D eigenvalue weighted by molar-refractivity contribution is 5.78. The van der Waals surface area contributed by atoms with Gasteiger partial charge in [-0.05, 0) is 0 Å². The molecule has 1 unspecified atom stereocenters. The average Bonchev–Trinajstić information content (AvgIpc) is 2.66. The summed E-state index contributed by atoms with van der Waals surface area (Å²) in [6.45, 7) is 1.63. The molecular weight excluding hydrogens is 200 g/mol. The Hall–Kier alpha value is -1.85. The lowest BCUT2D eigenvalue weighted by atomic mass is 10.2. The number of carbonyl (C=O) groups is 2. The van der Waals surface area contributed by atoms with E-state index in [0.29, 0.717) is 5.89 Å². The average molecular weight is 212 g/mol. The lowest BCUT2D eigenvalue weighted by molar-refractivity contribution is -0.141. The lowest BCUT2D eigenvalue weighted by Crippen LogP contribution is -2.32. The van der Waals surface area contributed by atoms with E-state index in [1.54, 1.807) is 0 Å². The maximum Gasteiger partial charge on any atom is 0.308 e. The SMILES string of the molecule is CC(CNC(=O)Cc1ncco1)C(=O)O. The first-order valence-electron chi connectivity index (χ1n) is 4.47. The Bertz CT molecular complexity index is 334. The molecule has 0 aromatic carbocycles. The van der Waals surface area contributed by atoms with Gasteiger partial charge in [0, 0.05) is 6.54 Å². The molecule has 6 heteroatoms. The summed E-state index contributed by atoms with van der Waals surface area (Å²) < 4.78 is 4.87. The zero-order chi connectivity index (χ0) is 11.3. The van der Waals surface area contributed by atoms with E-state index in [4.69, 9.17) is 9.52 Å². The summed E-state index contributed by atoms with van der Waals surface area (Å²) >= 11 is 0. The van der Waals surface area contributed by atoms with Crippen LogP contribution in [0.5, 0.6) is 0 Å². The number of oxazole rings is 1. The molecule has 1 atom stereocenters. The topological polar surface area (TPSA) is 92.4 Å². The fourth-order valence-corrected chi connectivity index (χ4v) is 0.894. The van der Waals surface area contributed by atoms with Crippen molar-refractivity contribution in [2.45, 2.75) is 13.3 Å². The van der Waals surface area contributed by atoms with Gasteiger partial charge in [0.2, 0.25) is 11.8 Å². The molecule has 1 aromatic rings. The van der Waals surface area contributed by atoms with E-state index in [1.165, 1.54) is 19.4 Å². The number of amides is 1. The van der Waals surface area contributed by atoms with Crippen LogP contribution < -0.4 is 5.32 Å². The molecule has 0 spiro atoms. The van der Waals surface area contributed by atoms with Gasteiger partial charge in [-0.15, -0.1) is 0 Å². The van der Waals surface area contributed by atoms with Gasteiger partial charge in [0.25, 0.3) is 0 Å². The smallest absolute Gasteiger partial charge is 0.308 e. The lowest BCUT2D eigenvalue weighted by Gasteiger charge is -2.06. The summed E-state index contributed by atoms with van der Waals surface area (Å²) in [6.07, 6.45) is 2.85. The van der Waals surface area contributed by atoms with Gasteiger partial charge in [0.1, 0.15) is 12.7 Å². The number of carboxylic acid groups (broad SMARTS) is 1. The minimum Gasteiger partial charge on any atom is -0.481 e. The van der Waals surface area contributed by atoms with Gasteiger partial charge < -0.3 is 14.8 Å². The highest BCUT2D eigenvalue weighted by atomic mass is 16.4. The third-order valence-electron chi connectivity index (χ3n) is 1.82.